The van der Waals surface area contributed by atoms with Crippen molar-refractivity contribution in [3.8, 4) is 23.8 Å². The van der Waals surface area contributed by atoms with Crippen LogP contribution in [0.15, 0.2) is 23.1 Å². The lowest BCUT2D eigenvalue weighted by atomic mass is 10.1. The van der Waals surface area contributed by atoms with Gasteiger partial charge in [-0.15, -0.1) is 6.42 Å². The zero-order chi connectivity index (χ0) is 18.4. The van der Waals surface area contributed by atoms with E-state index in [4.69, 9.17) is 15.9 Å². The van der Waals surface area contributed by atoms with Crippen LogP contribution in [-0.2, 0) is 4.79 Å². The van der Waals surface area contributed by atoms with E-state index in [0.717, 1.165) is 22.2 Å². The predicted molar refractivity (Wildman–Crippen MR) is 99.5 cm³/mol. The molecule has 0 aromatic heterocycles. The van der Waals surface area contributed by atoms with Gasteiger partial charge < -0.3 is 9.47 Å². The maximum atomic E-state index is 12.2. The molecule has 1 aromatic rings. The number of hydrogen-bond donors (Lipinski definition) is 0. The van der Waals surface area contributed by atoms with E-state index in [1.165, 1.54) is 0 Å². The highest BCUT2D eigenvalue weighted by molar-refractivity contribution is 8.18. The van der Waals surface area contributed by atoms with Crippen molar-refractivity contribution in [2.24, 2.45) is 5.92 Å². The fourth-order valence-corrected chi connectivity index (χ4v) is 2.98. The summed E-state index contributed by atoms with van der Waals surface area (Å²) in [6.07, 6.45) is 6.86. The van der Waals surface area contributed by atoms with Crippen LogP contribution in [0, 0.1) is 18.3 Å². The molecule has 1 aromatic carbocycles. The molecule has 0 unspecified atom stereocenters. The number of nitrogens with zero attached hydrogens (tertiary/aromatic N) is 1. The number of thioether (sulfide) groups is 1. The van der Waals surface area contributed by atoms with E-state index in [0.29, 0.717) is 35.5 Å². The Hall–Kier alpha value is -2.39. The molecule has 1 fully saturated rings. The number of carbonyl (C=O) groups excluding carboxylic acids is 2. The number of carbonyl (C=O) groups is 2. The van der Waals surface area contributed by atoms with Gasteiger partial charge in [-0.2, -0.15) is 0 Å². The van der Waals surface area contributed by atoms with Gasteiger partial charge in [-0.25, -0.2) is 0 Å². The fourth-order valence-electron chi connectivity index (χ4n) is 2.14. The molecule has 0 aliphatic carbocycles. The lowest BCUT2D eigenvalue weighted by molar-refractivity contribution is -0.122. The first-order chi connectivity index (χ1) is 12.0. The van der Waals surface area contributed by atoms with E-state index in [9.17, 15) is 9.59 Å². The van der Waals surface area contributed by atoms with Gasteiger partial charge in [0, 0.05) is 0 Å². The second-order valence-corrected chi connectivity index (χ2v) is 6.81. The average molecular weight is 359 g/mol. The minimum atomic E-state index is -0.369. The van der Waals surface area contributed by atoms with Crippen LogP contribution in [0.4, 0.5) is 4.79 Å². The SMILES string of the molecule is C#CCN1C(=O)S/C(=C/c2ccc(OCC(C)C)c(OCC)c2)C1=O. The monoisotopic (exact) mass is 359 g/mol. The molecule has 132 valence electrons. The molecule has 6 heteroatoms. The number of imide groups is 1. The molecule has 1 aliphatic heterocycles. The van der Waals surface area contributed by atoms with E-state index >= 15 is 0 Å². The summed E-state index contributed by atoms with van der Waals surface area (Å²) in [4.78, 5) is 25.5. The van der Waals surface area contributed by atoms with Crippen LogP contribution in [-0.4, -0.2) is 35.8 Å². The Bertz CT molecular complexity index is 733. The summed E-state index contributed by atoms with van der Waals surface area (Å²) in [6.45, 7) is 7.10. The Morgan fingerprint density at radius 3 is 2.68 bits per heavy atom. The molecule has 0 spiro atoms. The average Bonchev–Trinajstić information content (AvgIpc) is 2.82. The van der Waals surface area contributed by atoms with Crippen molar-refractivity contribution >= 4 is 29.0 Å². The van der Waals surface area contributed by atoms with Gasteiger partial charge >= 0.3 is 0 Å². The van der Waals surface area contributed by atoms with E-state index < -0.39 is 0 Å². The van der Waals surface area contributed by atoms with Crippen LogP contribution in [0.5, 0.6) is 11.5 Å². The minimum absolute atomic E-state index is 0.0197. The first kappa shape index (κ1) is 18.9. The summed E-state index contributed by atoms with van der Waals surface area (Å²) in [5, 5.41) is -0.351. The molecule has 5 nitrogen and oxygen atoms in total. The summed E-state index contributed by atoms with van der Waals surface area (Å²) in [6, 6.07) is 5.44. The van der Waals surface area contributed by atoms with Gasteiger partial charge in [0.15, 0.2) is 11.5 Å². The van der Waals surface area contributed by atoms with E-state index in [-0.39, 0.29) is 17.7 Å². The molecule has 0 radical (unpaired) electrons. The Kier molecular flexibility index (Phi) is 6.54. The molecule has 0 N–H and O–H groups in total. The topological polar surface area (TPSA) is 55.8 Å². The van der Waals surface area contributed by atoms with Crippen molar-refractivity contribution in [2.45, 2.75) is 20.8 Å². The lowest BCUT2D eigenvalue weighted by Crippen LogP contribution is -2.28. The minimum Gasteiger partial charge on any atom is -0.490 e. The first-order valence-corrected chi connectivity index (χ1v) is 8.86. The maximum Gasteiger partial charge on any atom is 0.294 e. The predicted octanol–water partition coefficient (Wildman–Crippen LogP) is 3.79. The standard InChI is InChI=1S/C19H21NO4S/c1-5-9-20-18(21)17(25-19(20)22)11-14-7-8-15(24-12-13(3)4)16(10-14)23-6-2/h1,7-8,10-11,13H,6,9,12H2,2-4H3/b17-11+. The van der Waals surface area contributed by atoms with E-state index in [1.54, 1.807) is 12.1 Å². The molecule has 1 saturated heterocycles. The third-order valence-corrected chi connectivity index (χ3v) is 4.17. The van der Waals surface area contributed by atoms with Gasteiger partial charge in [-0.1, -0.05) is 25.8 Å². The van der Waals surface area contributed by atoms with Gasteiger partial charge in [0.2, 0.25) is 0 Å². The van der Waals surface area contributed by atoms with Crippen molar-refractivity contribution in [2.75, 3.05) is 19.8 Å². The smallest absolute Gasteiger partial charge is 0.294 e. The molecule has 2 rings (SSSR count). The van der Waals surface area contributed by atoms with Crippen molar-refractivity contribution in [1.29, 1.82) is 0 Å². The van der Waals surface area contributed by atoms with Gasteiger partial charge in [0.1, 0.15) is 0 Å². The Balaban J connectivity index is 2.25. The number of ether oxygens (including phenoxy) is 2. The highest BCUT2D eigenvalue weighted by Gasteiger charge is 2.34. The van der Waals surface area contributed by atoms with Crippen LogP contribution < -0.4 is 9.47 Å². The van der Waals surface area contributed by atoms with Crippen LogP contribution in [0.25, 0.3) is 6.08 Å². The highest BCUT2D eigenvalue weighted by atomic mass is 32.2. The van der Waals surface area contributed by atoms with Crippen LogP contribution in [0.1, 0.15) is 26.3 Å². The Morgan fingerprint density at radius 2 is 2.04 bits per heavy atom. The van der Waals surface area contributed by atoms with Gasteiger partial charge in [-0.05, 0) is 48.4 Å². The third-order valence-electron chi connectivity index (χ3n) is 3.26. The quantitative estimate of drug-likeness (QED) is 0.548. The maximum absolute atomic E-state index is 12.2. The normalized spacial score (nSPS) is 15.8. The second kappa shape index (κ2) is 8.63. The molecule has 2 amide bonds. The fraction of sp³-hybridized carbons (Fsp3) is 0.368. The third kappa shape index (κ3) is 4.80. The molecule has 25 heavy (non-hydrogen) atoms. The van der Waals surface area contributed by atoms with Crippen LogP contribution in [0.2, 0.25) is 0 Å². The molecule has 1 heterocycles. The highest BCUT2D eigenvalue weighted by Crippen LogP contribution is 2.34. The van der Waals surface area contributed by atoms with Crippen molar-refractivity contribution < 1.29 is 19.1 Å². The largest absolute Gasteiger partial charge is 0.490 e. The Morgan fingerprint density at radius 1 is 1.28 bits per heavy atom. The zero-order valence-corrected chi connectivity index (χ0v) is 15.4. The molecule has 0 atom stereocenters. The van der Waals surface area contributed by atoms with Crippen molar-refractivity contribution in [3.05, 3.63) is 28.7 Å². The number of benzene rings is 1. The molecule has 1 aliphatic rings. The zero-order valence-electron chi connectivity index (χ0n) is 14.6. The van der Waals surface area contributed by atoms with Gasteiger partial charge in [-0.3, -0.25) is 14.5 Å². The number of rotatable bonds is 7. The summed E-state index contributed by atoms with van der Waals surface area (Å²) in [5.74, 6) is 3.62. The van der Waals surface area contributed by atoms with Crippen LogP contribution >= 0.6 is 11.8 Å². The lowest BCUT2D eigenvalue weighted by Gasteiger charge is -2.14. The van der Waals surface area contributed by atoms with Crippen LogP contribution in [0.3, 0.4) is 0 Å². The molecule has 0 bridgehead atoms. The summed E-state index contributed by atoms with van der Waals surface area (Å²) in [7, 11) is 0. The number of terminal acetylenes is 1. The summed E-state index contributed by atoms with van der Waals surface area (Å²) in [5.41, 5.74) is 0.756. The van der Waals surface area contributed by atoms with Crippen molar-refractivity contribution in [3.63, 3.8) is 0 Å². The first-order valence-electron chi connectivity index (χ1n) is 8.04. The van der Waals surface area contributed by atoms with Crippen molar-refractivity contribution in [1.82, 2.24) is 4.90 Å². The molecular formula is C19H21NO4S. The van der Waals surface area contributed by atoms with E-state index in [2.05, 4.69) is 19.8 Å². The van der Waals surface area contributed by atoms with E-state index in [1.807, 2.05) is 19.1 Å². The molecular weight excluding hydrogens is 338 g/mol. The second-order valence-electron chi connectivity index (χ2n) is 5.82. The summed E-state index contributed by atoms with van der Waals surface area (Å²) < 4.78 is 11.4. The molecule has 0 saturated carbocycles. The van der Waals surface area contributed by atoms with Gasteiger partial charge in [0.25, 0.3) is 11.1 Å². The number of hydrogen-bond acceptors (Lipinski definition) is 5. The Labute approximate surface area is 152 Å². The van der Waals surface area contributed by atoms with Gasteiger partial charge in [0.05, 0.1) is 24.7 Å². The number of amides is 2. The summed E-state index contributed by atoms with van der Waals surface area (Å²) >= 11 is 0.885.